The molecule has 0 aliphatic heterocycles. The molecule has 0 aromatic heterocycles. The normalized spacial score (nSPS) is 1.50. The Labute approximate surface area is 72.7 Å². The second kappa shape index (κ2) is 21.1. The van der Waals surface area contributed by atoms with E-state index in [0.29, 0.717) is 0 Å². The number of hydrogen-bond acceptors (Lipinski definition) is 1. The zero-order chi connectivity index (χ0) is 2.00. The Bertz CT molecular complexity index is 8.00. The number of aliphatic hydroxyl groups excluding tert-OH is 1. The summed E-state index contributed by atoms with van der Waals surface area (Å²) in [5.74, 6) is 0. The molecule has 1 radical (unpaired) electrons. The van der Waals surface area contributed by atoms with E-state index in [9.17, 15) is 0 Å². The van der Waals surface area contributed by atoms with Crippen LogP contribution in [0.25, 0.3) is 0 Å². The van der Waals surface area contributed by atoms with Crippen molar-refractivity contribution in [1.29, 1.82) is 0 Å². The van der Waals surface area contributed by atoms with Crippen LogP contribution in [0.5, 0.6) is 0 Å². The summed E-state index contributed by atoms with van der Waals surface area (Å²) in [7, 11) is 1.00. The van der Waals surface area contributed by atoms with Crippen molar-refractivity contribution < 1.29 is 54.5 Å². The van der Waals surface area contributed by atoms with Gasteiger partial charge in [0, 0.05) is 56.5 Å². The molecule has 3 heteroatoms. The minimum Gasteiger partial charge on any atom is -0.400 e. The van der Waals surface area contributed by atoms with E-state index in [1.165, 1.54) is 0 Å². The SMILES string of the molecule is CO.Cl.[Eu]. The fraction of sp³-hybridized carbons (Fsp3) is 1.00. The molecule has 0 unspecified atom stereocenters. The van der Waals surface area contributed by atoms with E-state index in [0.717, 1.165) is 7.11 Å². The quantitative estimate of drug-likeness (QED) is 0.611. The van der Waals surface area contributed by atoms with Crippen LogP contribution in [0.4, 0.5) is 0 Å². The first-order valence-electron chi connectivity index (χ1n) is 0.447. The summed E-state index contributed by atoms with van der Waals surface area (Å²) in [4.78, 5) is 0. The minimum atomic E-state index is 0. The monoisotopic (exact) mass is 221 g/mol. The summed E-state index contributed by atoms with van der Waals surface area (Å²) in [5.41, 5.74) is 0. The van der Waals surface area contributed by atoms with Gasteiger partial charge in [-0.15, -0.1) is 12.4 Å². The topological polar surface area (TPSA) is 20.2 Å². The van der Waals surface area contributed by atoms with Gasteiger partial charge < -0.3 is 5.11 Å². The van der Waals surface area contributed by atoms with Crippen LogP contribution < -0.4 is 0 Å². The van der Waals surface area contributed by atoms with Gasteiger partial charge >= 0.3 is 0 Å². The maximum atomic E-state index is 7.00. The van der Waals surface area contributed by atoms with Crippen molar-refractivity contribution in [3.63, 3.8) is 0 Å². The minimum absolute atomic E-state index is 0. The number of rotatable bonds is 0. The Morgan fingerprint density at radius 1 is 1.25 bits per heavy atom. The predicted octanol–water partition coefficient (Wildman–Crippen LogP) is 0.0303. The molecule has 0 fully saturated rings. The van der Waals surface area contributed by atoms with E-state index >= 15 is 0 Å². The molecule has 0 bridgehead atoms. The summed E-state index contributed by atoms with van der Waals surface area (Å²) >= 11 is 0. The van der Waals surface area contributed by atoms with Gasteiger partial charge in [-0.05, 0) is 0 Å². The third kappa shape index (κ3) is 9.15. The maximum Gasteiger partial charge on any atom is 0.0319 e. The van der Waals surface area contributed by atoms with E-state index in [-0.39, 0.29) is 61.8 Å². The molecule has 0 spiro atoms. The third-order valence-electron chi connectivity index (χ3n) is 0. The number of hydrogen-bond donors (Lipinski definition) is 1. The van der Waals surface area contributed by atoms with Crippen LogP contribution in [0.3, 0.4) is 0 Å². The van der Waals surface area contributed by atoms with Crippen LogP contribution in [-0.4, -0.2) is 12.2 Å². The van der Waals surface area contributed by atoms with Crippen LogP contribution in [0.2, 0.25) is 0 Å². The molecule has 0 saturated heterocycles. The van der Waals surface area contributed by atoms with Gasteiger partial charge in [0.15, 0.2) is 0 Å². The van der Waals surface area contributed by atoms with Crippen LogP contribution in [-0.2, 0) is 0 Å². The summed E-state index contributed by atoms with van der Waals surface area (Å²) in [6, 6.07) is 0. The molecule has 0 amide bonds. The standard InChI is InChI=1S/CH4O.ClH.Eu/c1-2;;/h2H,1H3;1H;. The van der Waals surface area contributed by atoms with Crippen LogP contribution in [0.15, 0.2) is 0 Å². The summed E-state index contributed by atoms with van der Waals surface area (Å²) in [6.45, 7) is 0. The Balaban J connectivity index is -0.00000000500. The van der Waals surface area contributed by atoms with Gasteiger partial charge in [-0.1, -0.05) is 0 Å². The summed E-state index contributed by atoms with van der Waals surface area (Å²) in [6.07, 6.45) is 0. The fourth-order valence-electron chi connectivity index (χ4n) is 0. The zero-order valence-corrected chi connectivity index (χ0v) is 5.48. The van der Waals surface area contributed by atoms with Gasteiger partial charge in [0.1, 0.15) is 0 Å². The first kappa shape index (κ1) is 17.0. The fourth-order valence-corrected chi connectivity index (χ4v) is 0. The van der Waals surface area contributed by atoms with Crippen LogP contribution in [0.1, 0.15) is 0 Å². The van der Waals surface area contributed by atoms with Crippen molar-refractivity contribution in [2.45, 2.75) is 0 Å². The van der Waals surface area contributed by atoms with E-state index in [1.807, 2.05) is 0 Å². The summed E-state index contributed by atoms with van der Waals surface area (Å²) in [5, 5.41) is 7.00. The van der Waals surface area contributed by atoms with Gasteiger partial charge in [0.05, 0.1) is 0 Å². The van der Waals surface area contributed by atoms with E-state index in [4.69, 9.17) is 5.11 Å². The molecule has 0 aromatic carbocycles. The largest absolute Gasteiger partial charge is 0.400 e. The van der Waals surface area contributed by atoms with E-state index in [1.54, 1.807) is 0 Å². The van der Waals surface area contributed by atoms with Crippen molar-refractivity contribution >= 4 is 12.4 Å². The Hall–Kier alpha value is 1.83. The molecule has 4 heavy (non-hydrogen) atoms. The van der Waals surface area contributed by atoms with Crippen molar-refractivity contribution in [3.8, 4) is 0 Å². The molecule has 1 nitrogen and oxygen atoms in total. The van der Waals surface area contributed by atoms with Gasteiger partial charge in [-0.25, -0.2) is 0 Å². The second-order valence-corrected chi connectivity index (χ2v) is 0. The molecule has 0 rings (SSSR count). The molecule has 0 atom stereocenters. The zero-order valence-electron chi connectivity index (χ0n) is 2.23. The molecule has 0 heterocycles. The van der Waals surface area contributed by atoms with Gasteiger partial charge in [-0.3, -0.25) is 0 Å². The van der Waals surface area contributed by atoms with Gasteiger partial charge in [-0.2, -0.15) is 0 Å². The molecule has 0 aliphatic rings. The molecule has 0 aromatic rings. The molecular weight excluding hydrogens is 215 g/mol. The first-order chi connectivity index (χ1) is 1.00. The van der Waals surface area contributed by atoms with Gasteiger partial charge in [0.2, 0.25) is 0 Å². The average Bonchev–Trinajstić information content (AvgIpc) is 1.00. The maximum absolute atomic E-state index is 7.00. The number of halogens is 1. The van der Waals surface area contributed by atoms with Gasteiger partial charge in [0.25, 0.3) is 0 Å². The smallest absolute Gasteiger partial charge is 0.0319 e. The van der Waals surface area contributed by atoms with Crippen molar-refractivity contribution in [2.75, 3.05) is 7.11 Å². The van der Waals surface area contributed by atoms with E-state index < -0.39 is 0 Å². The Morgan fingerprint density at radius 3 is 1.25 bits per heavy atom. The van der Waals surface area contributed by atoms with Crippen molar-refractivity contribution in [3.05, 3.63) is 0 Å². The summed E-state index contributed by atoms with van der Waals surface area (Å²) < 4.78 is 0. The molecule has 0 aliphatic carbocycles. The molecule has 29 valence electrons. The van der Waals surface area contributed by atoms with Crippen molar-refractivity contribution in [1.82, 2.24) is 0 Å². The molecule has 0 saturated carbocycles. The van der Waals surface area contributed by atoms with Crippen LogP contribution >= 0.6 is 12.4 Å². The Morgan fingerprint density at radius 2 is 1.25 bits per heavy atom. The predicted molar refractivity (Wildman–Crippen MR) is 15.4 cm³/mol. The Kier molecular flexibility index (Phi) is 89.6. The third-order valence-corrected chi connectivity index (χ3v) is 0. The second-order valence-electron chi connectivity index (χ2n) is 0. The number of aliphatic hydroxyl groups is 1. The first-order valence-corrected chi connectivity index (χ1v) is 0.447. The van der Waals surface area contributed by atoms with E-state index in [2.05, 4.69) is 0 Å². The van der Waals surface area contributed by atoms with Crippen molar-refractivity contribution in [2.24, 2.45) is 0 Å². The molecular formula is CH5ClEuO. The average molecular weight is 220 g/mol. The van der Waals surface area contributed by atoms with Crippen LogP contribution in [0, 0.1) is 49.4 Å². The molecule has 1 N–H and O–H groups in total.